The molecule has 0 bridgehead atoms. The summed E-state index contributed by atoms with van der Waals surface area (Å²) in [5.41, 5.74) is 2.55. The monoisotopic (exact) mass is 483 g/mol. The van der Waals surface area contributed by atoms with Gasteiger partial charge in [-0.3, -0.25) is 9.36 Å². The van der Waals surface area contributed by atoms with Gasteiger partial charge < -0.3 is 14.2 Å². The summed E-state index contributed by atoms with van der Waals surface area (Å²) in [7, 11) is -0.0166. The second-order valence-corrected chi connectivity index (χ2v) is 9.20. The zero-order valence-electron chi connectivity index (χ0n) is 19.8. The van der Waals surface area contributed by atoms with Crippen LogP contribution in [0.3, 0.4) is 0 Å². The molecule has 1 aliphatic heterocycles. The molecular formula is C25H27FN3O4P. The molecule has 178 valence electrons. The molecule has 2 aromatic carbocycles. The van der Waals surface area contributed by atoms with Gasteiger partial charge in [-0.15, -0.1) is 0 Å². The van der Waals surface area contributed by atoms with E-state index in [1.165, 1.54) is 17.0 Å². The molecule has 34 heavy (non-hydrogen) atoms. The molecule has 0 fully saturated rings. The van der Waals surface area contributed by atoms with Gasteiger partial charge in [0.25, 0.3) is 5.91 Å². The van der Waals surface area contributed by atoms with E-state index < -0.39 is 12.0 Å². The van der Waals surface area contributed by atoms with Crippen molar-refractivity contribution in [2.24, 2.45) is 5.92 Å². The van der Waals surface area contributed by atoms with Crippen LogP contribution in [0.4, 0.5) is 4.39 Å². The number of halogens is 1. The summed E-state index contributed by atoms with van der Waals surface area (Å²) in [6, 6.07) is 8.73. The van der Waals surface area contributed by atoms with E-state index in [9.17, 15) is 14.0 Å². The van der Waals surface area contributed by atoms with Crippen molar-refractivity contribution in [3.8, 4) is 17.2 Å². The quantitative estimate of drug-likeness (QED) is 0.453. The van der Waals surface area contributed by atoms with Gasteiger partial charge in [-0.05, 0) is 68.4 Å². The van der Waals surface area contributed by atoms with E-state index in [0.29, 0.717) is 34.1 Å². The summed E-state index contributed by atoms with van der Waals surface area (Å²) in [5.74, 6) is 0.325. The number of aryl methyl sites for hydroxylation is 2. The lowest BCUT2D eigenvalue weighted by Gasteiger charge is -2.31. The lowest BCUT2D eigenvalue weighted by Crippen LogP contribution is -2.47. The van der Waals surface area contributed by atoms with E-state index in [-0.39, 0.29) is 33.0 Å². The van der Waals surface area contributed by atoms with Crippen molar-refractivity contribution < 1.29 is 23.2 Å². The van der Waals surface area contributed by atoms with Gasteiger partial charge in [0.2, 0.25) is 0 Å². The van der Waals surface area contributed by atoms with E-state index in [1.807, 2.05) is 25.3 Å². The predicted molar refractivity (Wildman–Crippen MR) is 128 cm³/mol. The standard InChI is InChI=1S/C25H27FN3O4P/c1-14(2)23(25(31)33-34-5)28-13-22-27-12-16(4)29(22)20-8-7-18(11-19(20)24(28)30)32-21-9-6-17(26)10-15(21)3/h6-12,14,23,34H,13H2,1-5H3. The maximum atomic E-state index is 13.9. The number of rotatable bonds is 6. The number of benzene rings is 2. The Balaban J connectivity index is 1.81. The maximum absolute atomic E-state index is 13.9. The Kier molecular flexibility index (Phi) is 6.71. The van der Waals surface area contributed by atoms with Crippen molar-refractivity contribution in [1.82, 2.24) is 14.5 Å². The topological polar surface area (TPSA) is 73.7 Å². The summed E-state index contributed by atoms with van der Waals surface area (Å²) < 4.78 is 26.8. The Bertz CT molecular complexity index is 1260. The predicted octanol–water partition coefficient (Wildman–Crippen LogP) is 5.17. The highest BCUT2D eigenvalue weighted by Crippen LogP contribution is 2.33. The minimum atomic E-state index is -0.764. The third-order valence-corrected chi connectivity index (χ3v) is 6.20. The molecule has 0 spiro atoms. The van der Waals surface area contributed by atoms with Crippen LogP contribution in [0.15, 0.2) is 42.6 Å². The number of hydrogen-bond acceptors (Lipinski definition) is 5. The van der Waals surface area contributed by atoms with Crippen LogP contribution in [0, 0.1) is 25.6 Å². The molecule has 7 nitrogen and oxygen atoms in total. The number of ether oxygens (including phenoxy) is 1. The largest absolute Gasteiger partial charge is 0.457 e. The zero-order chi connectivity index (χ0) is 24.6. The van der Waals surface area contributed by atoms with E-state index in [1.54, 1.807) is 44.1 Å². The number of carbonyl (C=O) groups is 2. The molecule has 4 rings (SSSR count). The summed E-state index contributed by atoms with van der Waals surface area (Å²) in [4.78, 5) is 32.8. The Morgan fingerprint density at radius 1 is 1.18 bits per heavy atom. The van der Waals surface area contributed by atoms with Crippen LogP contribution >= 0.6 is 8.81 Å². The molecule has 1 amide bonds. The van der Waals surface area contributed by atoms with E-state index in [2.05, 4.69) is 4.98 Å². The fourth-order valence-corrected chi connectivity index (χ4v) is 4.57. The lowest BCUT2D eigenvalue weighted by atomic mass is 10.0. The number of aromatic nitrogens is 2. The molecule has 9 heteroatoms. The molecule has 2 atom stereocenters. The first kappa shape index (κ1) is 23.9. The molecule has 2 heterocycles. The van der Waals surface area contributed by atoms with Crippen molar-refractivity contribution in [3.63, 3.8) is 0 Å². The van der Waals surface area contributed by atoms with Crippen LogP contribution in [0.5, 0.6) is 11.5 Å². The average molecular weight is 483 g/mol. The highest BCUT2D eigenvalue weighted by molar-refractivity contribution is 7.31. The highest BCUT2D eigenvalue weighted by Gasteiger charge is 2.38. The molecule has 0 aliphatic carbocycles. The van der Waals surface area contributed by atoms with E-state index in [4.69, 9.17) is 9.26 Å². The van der Waals surface area contributed by atoms with Crippen molar-refractivity contribution in [3.05, 3.63) is 71.1 Å². The van der Waals surface area contributed by atoms with Crippen LogP contribution < -0.4 is 4.74 Å². The van der Waals surface area contributed by atoms with Gasteiger partial charge in [-0.2, -0.15) is 0 Å². The minimum Gasteiger partial charge on any atom is -0.457 e. The number of hydrogen-bond donors (Lipinski definition) is 0. The van der Waals surface area contributed by atoms with Crippen molar-refractivity contribution in [1.29, 1.82) is 0 Å². The normalized spacial score (nSPS) is 14.2. The van der Waals surface area contributed by atoms with Gasteiger partial charge >= 0.3 is 5.97 Å². The molecule has 1 aliphatic rings. The molecule has 0 saturated carbocycles. The fraction of sp³-hybridized carbons (Fsp3) is 0.320. The molecule has 2 unspecified atom stereocenters. The van der Waals surface area contributed by atoms with Crippen LogP contribution in [0.1, 0.15) is 41.3 Å². The third-order valence-electron chi connectivity index (χ3n) is 5.80. The van der Waals surface area contributed by atoms with Gasteiger partial charge in [-0.1, -0.05) is 13.8 Å². The second kappa shape index (κ2) is 9.55. The molecule has 1 aromatic heterocycles. The Labute approximate surface area is 199 Å². The number of imidazole rings is 1. The minimum absolute atomic E-state index is 0.0166. The highest BCUT2D eigenvalue weighted by atomic mass is 31.1. The van der Waals surface area contributed by atoms with Gasteiger partial charge in [0.05, 0.1) is 26.6 Å². The van der Waals surface area contributed by atoms with Gasteiger partial charge in [-0.25, -0.2) is 14.2 Å². The lowest BCUT2D eigenvalue weighted by molar-refractivity contribution is -0.140. The average Bonchev–Trinajstić information content (AvgIpc) is 3.09. The number of fused-ring (bicyclic) bond motifs is 3. The van der Waals surface area contributed by atoms with Crippen LogP contribution in [-0.2, 0) is 15.9 Å². The molecule has 0 N–H and O–H groups in total. The van der Waals surface area contributed by atoms with Crippen LogP contribution in [0.25, 0.3) is 5.69 Å². The van der Waals surface area contributed by atoms with Crippen molar-refractivity contribution in [2.75, 3.05) is 6.66 Å². The van der Waals surface area contributed by atoms with E-state index >= 15 is 0 Å². The summed E-state index contributed by atoms with van der Waals surface area (Å²) in [5, 5.41) is 0. The number of carbonyl (C=O) groups excluding carboxylic acids is 2. The first-order chi connectivity index (χ1) is 16.2. The first-order valence-electron chi connectivity index (χ1n) is 11.0. The Morgan fingerprint density at radius 3 is 2.62 bits per heavy atom. The van der Waals surface area contributed by atoms with Crippen LogP contribution in [-0.4, -0.2) is 39.0 Å². The van der Waals surface area contributed by atoms with Crippen molar-refractivity contribution >= 4 is 20.7 Å². The SMILES string of the molecule is CPOC(=O)C(C(C)C)N1Cc2ncc(C)n2-c2ccc(Oc3ccc(F)cc3C)cc2C1=O. The van der Waals surface area contributed by atoms with Gasteiger partial charge in [0.15, 0.2) is 0 Å². The molecular weight excluding hydrogens is 456 g/mol. The number of amides is 1. The Morgan fingerprint density at radius 2 is 1.94 bits per heavy atom. The van der Waals surface area contributed by atoms with E-state index in [0.717, 1.165) is 5.69 Å². The summed E-state index contributed by atoms with van der Waals surface area (Å²) in [6.45, 7) is 9.38. The summed E-state index contributed by atoms with van der Waals surface area (Å²) >= 11 is 0. The third kappa shape index (κ3) is 4.42. The fourth-order valence-electron chi connectivity index (χ4n) is 4.25. The summed E-state index contributed by atoms with van der Waals surface area (Å²) in [6.07, 6.45) is 1.75. The smallest absolute Gasteiger partial charge is 0.331 e. The Hall–Kier alpha value is -3.25. The number of nitrogens with zero attached hydrogens (tertiary/aromatic N) is 3. The second-order valence-electron chi connectivity index (χ2n) is 8.59. The molecule has 3 aromatic rings. The molecule has 0 saturated heterocycles. The first-order valence-corrected chi connectivity index (χ1v) is 12.4. The van der Waals surface area contributed by atoms with Crippen LogP contribution in [0.2, 0.25) is 0 Å². The molecule has 0 radical (unpaired) electrons. The van der Waals surface area contributed by atoms with Gasteiger partial charge in [0, 0.05) is 11.9 Å². The van der Waals surface area contributed by atoms with Crippen molar-refractivity contribution in [2.45, 2.75) is 40.3 Å². The van der Waals surface area contributed by atoms with Gasteiger partial charge in [0.1, 0.15) is 29.2 Å². The zero-order valence-corrected chi connectivity index (χ0v) is 20.8. The maximum Gasteiger partial charge on any atom is 0.331 e.